The first kappa shape index (κ1) is 21.7. The van der Waals surface area contributed by atoms with Gasteiger partial charge in [0.15, 0.2) is 0 Å². The van der Waals surface area contributed by atoms with Crippen molar-refractivity contribution in [3.8, 4) is 5.75 Å². The van der Waals surface area contributed by atoms with E-state index in [0.717, 1.165) is 18.6 Å². The van der Waals surface area contributed by atoms with Crippen molar-refractivity contribution in [3.05, 3.63) is 29.8 Å². The molecule has 0 spiro atoms. The average molecular weight is 363 g/mol. The molecule has 1 rings (SSSR count). The van der Waals surface area contributed by atoms with Crippen LogP contribution in [-0.2, 0) is 6.42 Å². The zero-order chi connectivity index (χ0) is 18.9. The Bertz CT molecular complexity index is 516. The van der Waals surface area contributed by atoms with Gasteiger partial charge in [0.1, 0.15) is 5.75 Å². The van der Waals surface area contributed by atoms with Gasteiger partial charge in [0.25, 0.3) is 0 Å². The summed E-state index contributed by atoms with van der Waals surface area (Å²) in [5.74, 6) is 1.02. The molecular weight excluding hydrogens is 324 g/mol. The molecule has 142 valence electrons. The second-order valence-corrected chi connectivity index (χ2v) is 13.3. The molecule has 0 saturated heterocycles. The van der Waals surface area contributed by atoms with Gasteiger partial charge in [0, 0.05) is 20.3 Å². The second kappa shape index (κ2) is 10.0. The molecule has 1 aromatic rings. The van der Waals surface area contributed by atoms with Crippen LogP contribution in [0.5, 0.6) is 5.75 Å². The van der Waals surface area contributed by atoms with Gasteiger partial charge in [0.2, 0.25) is 8.32 Å². The molecule has 0 bridgehead atoms. The molecule has 1 aromatic carbocycles. The summed E-state index contributed by atoms with van der Waals surface area (Å²) in [6, 6.07) is 8.75. The number of hydrogen-bond donors (Lipinski definition) is 0. The zero-order valence-electron chi connectivity index (χ0n) is 17.4. The Morgan fingerprint density at radius 2 is 1.60 bits per heavy atom. The minimum atomic E-state index is -1.73. The van der Waals surface area contributed by atoms with E-state index in [2.05, 4.69) is 63.2 Å². The van der Waals surface area contributed by atoms with Gasteiger partial charge in [-0.05, 0) is 61.5 Å². The van der Waals surface area contributed by atoms with Crippen molar-refractivity contribution in [3.63, 3.8) is 0 Å². The summed E-state index contributed by atoms with van der Waals surface area (Å²) in [5, 5.41) is 6.32. The van der Waals surface area contributed by atoms with Gasteiger partial charge in [-0.25, -0.2) is 0 Å². The summed E-state index contributed by atoms with van der Waals surface area (Å²) < 4.78 is 6.34. The maximum Gasteiger partial charge on any atom is 0.250 e. The maximum atomic E-state index is 6.34. The lowest BCUT2D eigenvalue weighted by Crippen LogP contribution is -2.43. The van der Waals surface area contributed by atoms with Gasteiger partial charge in [-0.2, -0.15) is 5.10 Å². The van der Waals surface area contributed by atoms with Crippen molar-refractivity contribution < 1.29 is 4.43 Å². The van der Waals surface area contributed by atoms with E-state index >= 15 is 0 Å². The molecule has 4 heteroatoms. The number of hydrogen-bond acceptors (Lipinski definition) is 3. The third kappa shape index (κ3) is 8.57. The van der Waals surface area contributed by atoms with Crippen LogP contribution in [0.2, 0.25) is 18.1 Å². The fourth-order valence-electron chi connectivity index (χ4n) is 2.31. The van der Waals surface area contributed by atoms with Gasteiger partial charge in [-0.1, -0.05) is 45.7 Å². The lowest BCUT2D eigenvalue weighted by Gasteiger charge is -2.36. The Hall–Kier alpha value is -1.29. The summed E-state index contributed by atoms with van der Waals surface area (Å²) >= 11 is 0. The summed E-state index contributed by atoms with van der Waals surface area (Å²) in [4.78, 5) is 0. The van der Waals surface area contributed by atoms with E-state index < -0.39 is 8.32 Å². The van der Waals surface area contributed by atoms with E-state index in [1.54, 1.807) is 0 Å². The van der Waals surface area contributed by atoms with Gasteiger partial charge < -0.3 is 9.43 Å². The fourth-order valence-corrected chi connectivity index (χ4v) is 3.34. The van der Waals surface area contributed by atoms with E-state index in [1.807, 2.05) is 25.3 Å². The maximum absolute atomic E-state index is 6.34. The van der Waals surface area contributed by atoms with Crippen molar-refractivity contribution in [2.75, 3.05) is 14.1 Å². The standard InChI is InChI=1S/C21H38N2OSi/c1-21(2,3)25(6,7)24-20-16-14-19(15-17-20)13-11-9-8-10-12-18-22-23(4)5/h14-18H,8-13H2,1-7H3/b22-18+. The normalized spacial score (nSPS) is 12.6. The molecule has 0 aliphatic carbocycles. The molecule has 0 aliphatic heterocycles. The molecule has 0 aromatic heterocycles. The lowest BCUT2D eigenvalue weighted by atomic mass is 10.1. The Morgan fingerprint density at radius 1 is 1.00 bits per heavy atom. The lowest BCUT2D eigenvalue weighted by molar-refractivity contribution is 0.438. The number of aryl methyl sites for hydroxylation is 1. The summed E-state index contributed by atoms with van der Waals surface area (Å²) in [5.41, 5.74) is 1.41. The fraction of sp³-hybridized carbons (Fsp3) is 0.667. The quantitative estimate of drug-likeness (QED) is 0.217. The number of nitrogens with zero attached hydrogens (tertiary/aromatic N) is 2. The third-order valence-corrected chi connectivity index (χ3v) is 9.32. The van der Waals surface area contributed by atoms with Crippen LogP contribution in [0.1, 0.15) is 58.4 Å². The molecule has 0 N–H and O–H groups in total. The first-order chi connectivity index (χ1) is 11.6. The number of rotatable bonds is 10. The van der Waals surface area contributed by atoms with Crippen LogP contribution in [0.25, 0.3) is 0 Å². The molecule has 25 heavy (non-hydrogen) atoms. The topological polar surface area (TPSA) is 24.8 Å². The average Bonchev–Trinajstić information content (AvgIpc) is 2.50. The van der Waals surface area contributed by atoms with Crippen LogP contribution in [0.3, 0.4) is 0 Å². The van der Waals surface area contributed by atoms with E-state index in [-0.39, 0.29) is 5.04 Å². The minimum absolute atomic E-state index is 0.239. The predicted molar refractivity (Wildman–Crippen MR) is 113 cm³/mol. The van der Waals surface area contributed by atoms with Crippen LogP contribution in [0, 0.1) is 0 Å². The summed E-state index contributed by atoms with van der Waals surface area (Å²) in [7, 11) is 2.18. The second-order valence-electron chi connectivity index (χ2n) is 8.60. The molecule has 0 radical (unpaired) electrons. The van der Waals surface area contributed by atoms with Crippen molar-refractivity contribution >= 4 is 14.5 Å². The molecule has 0 fully saturated rings. The Labute approximate surface area is 156 Å². The van der Waals surface area contributed by atoms with Crippen LogP contribution in [0.4, 0.5) is 0 Å². The number of hydrazone groups is 1. The van der Waals surface area contributed by atoms with Crippen molar-refractivity contribution in [2.45, 2.75) is 77.4 Å². The van der Waals surface area contributed by atoms with Crippen LogP contribution in [0.15, 0.2) is 29.4 Å². The first-order valence-electron chi connectivity index (χ1n) is 9.59. The molecule has 0 atom stereocenters. The highest BCUT2D eigenvalue weighted by atomic mass is 28.4. The molecule has 0 saturated carbocycles. The monoisotopic (exact) mass is 362 g/mol. The van der Waals surface area contributed by atoms with Gasteiger partial charge in [-0.3, -0.25) is 0 Å². The predicted octanol–water partition coefficient (Wildman–Crippen LogP) is 6.11. The van der Waals surface area contributed by atoms with E-state index in [0.29, 0.717) is 0 Å². The first-order valence-corrected chi connectivity index (χ1v) is 12.5. The van der Waals surface area contributed by atoms with Crippen molar-refractivity contribution in [1.29, 1.82) is 0 Å². The van der Waals surface area contributed by atoms with Crippen LogP contribution >= 0.6 is 0 Å². The minimum Gasteiger partial charge on any atom is -0.544 e. The molecular formula is C21H38N2OSi. The van der Waals surface area contributed by atoms with E-state index in [4.69, 9.17) is 4.43 Å². The van der Waals surface area contributed by atoms with Crippen LogP contribution < -0.4 is 4.43 Å². The van der Waals surface area contributed by atoms with Crippen molar-refractivity contribution in [1.82, 2.24) is 5.01 Å². The molecule has 0 amide bonds. The Kier molecular flexibility index (Phi) is 8.70. The smallest absolute Gasteiger partial charge is 0.250 e. The number of benzene rings is 1. The van der Waals surface area contributed by atoms with Crippen LogP contribution in [-0.4, -0.2) is 33.6 Å². The number of unbranched alkanes of at least 4 members (excludes halogenated alkanes) is 4. The SMILES string of the molecule is CN(C)/N=C/CCCCCCc1ccc(O[Si](C)(C)C(C)(C)C)cc1. The van der Waals surface area contributed by atoms with Gasteiger partial charge in [0.05, 0.1) is 0 Å². The molecule has 0 unspecified atom stereocenters. The Balaban J connectivity index is 2.29. The zero-order valence-corrected chi connectivity index (χ0v) is 18.4. The van der Waals surface area contributed by atoms with Gasteiger partial charge >= 0.3 is 0 Å². The van der Waals surface area contributed by atoms with E-state index in [9.17, 15) is 0 Å². The highest BCUT2D eigenvalue weighted by Crippen LogP contribution is 2.37. The highest BCUT2D eigenvalue weighted by molar-refractivity contribution is 6.74. The highest BCUT2D eigenvalue weighted by Gasteiger charge is 2.38. The Morgan fingerprint density at radius 3 is 2.16 bits per heavy atom. The van der Waals surface area contributed by atoms with E-state index in [1.165, 1.54) is 31.2 Å². The molecule has 3 nitrogen and oxygen atoms in total. The summed E-state index contributed by atoms with van der Waals surface area (Å²) in [6.45, 7) is 11.4. The molecule has 0 aliphatic rings. The third-order valence-electron chi connectivity index (χ3n) is 4.96. The largest absolute Gasteiger partial charge is 0.544 e. The van der Waals surface area contributed by atoms with Gasteiger partial charge in [-0.15, -0.1) is 0 Å². The van der Waals surface area contributed by atoms with Crippen molar-refractivity contribution in [2.24, 2.45) is 5.10 Å². The summed E-state index contributed by atoms with van der Waals surface area (Å²) in [6.07, 6.45) is 9.32. The molecule has 0 heterocycles.